The molecule has 0 aliphatic heterocycles. The molecule has 0 saturated heterocycles. The fraction of sp³-hybridized carbons (Fsp3) is 1.00. The molecule has 3 N–H and O–H groups in total. The number of likely N-dealkylation sites (N-methyl/N-ethyl adjacent to an activating group) is 1. The molecular weight excluding hydrogens is 200 g/mol. The molecule has 1 rings (SSSR count). The average Bonchev–Trinajstić information content (AvgIpc) is 2.11. The Bertz CT molecular complexity index is 208. The van der Waals surface area contributed by atoms with Gasteiger partial charge in [-0.1, -0.05) is 27.2 Å². The lowest BCUT2D eigenvalue weighted by Gasteiger charge is -2.41. The predicted molar refractivity (Wildman–Crippen MR) is 68.3 cm³/mol. The summed E-state index contributed by atoms with van der Waals surface area (Å²) in [4.78, 5) is 2.25. The van der Waals surface area contributed by atoms with E-state index in [1.54, 1.807) is 0 Å². The summed E-state index contributed by atoms with van der Waals surface area (Å²) in [6, 6.07) is 0.100. The van der Waals surface area contributed by atoms with Gasteiger partial charge in [0.25, 0.3) is 0 Å². The number of nitrogens with two attached hydrogens (primary N) is 1. The normalized spacial score (nSPS) is 21.9. The van der Waals surface area contributed by atoms with Crippen molar-refractivity contribution in [3.05, 3.63) is 0 Å². The summed E-state index contributed by atoms with van der Waals surface area (Å²) < 4.78 is 0. The van der Waals surface area contributed by atoms with Crippen molar-refractivity contribution >= 4 is 0 Å². The van der Waals surface area contributed by atoms with Crippen LogP contribution in [0.4, 0.5) is 0 Å². The second kappa shape index (κ2) is 5.48. The van der Waals surface area contributed by atoms with Crippen molar-refractivity contribution in [2.24, 2.45) is 17.1 Å². The van der Waals surface area contributed by atoms with E-state index in [0.717, 1.165) is 12.5 Å². The number of rotatable bonds is 5. The van der Waals surface area contributed by atoms with E-state index in [4.69, 9.17) is 5.73 Å². The second-order valence-corrected chi connectivity index (χ2v) is 6.38. The SMILES string of the molecule is CN(CC1CCC1)C(CO)C(N)C(C)(C)C. The van der Waals surface area contributed by atoms with Crippen molar-refractivity contribution in [3.63, 3.8) is 0 Å². The van der Waals surface area contributed by atoms with E-state index in [2.05, 4.69) is 32.7 Å². The standard InChI is InChI=1S/C13H28N2O/c1-13(2,3)12(14)11(9-16)15(4)8-10-6-5-7-10/h10-12,16H,5-9,14H2,1-4H3. The van der Waals surface area contributed by atoms with Gasteiger partial charge in [-0.05, 0) is 31.2 Å². The van der Waals surface area contributed by atoms with E-state index in [9.17, 15) is 5.11 Å². The highest BCUT2D eigenvalue weighted by atomic mass is 16.3. The Kier molecular flexibility index (Phi) is 4.77. The fourth-order valence-electron chi connectivity index (χ4n) is 2.32. The Balaban J connectivity index is 2.50. The van der Waals surface area contributed by atoms with Crippen LogP contribution >= 0.6 is 0 Å². The molecule has 1 fully saturated rings. The Morgan fingerprint density at radius 2 is 1.94 bits per heavy atom. The third kappa shape index (κ3) is 3.44. The molecule has 0 aromatic carbocycles. The zero-order valence-corrected chi connectivity index (χ0v) is 11.2. The van der Waals surface area contributed by atoms with Crippen LogP contribution < -0.4 is 5.73 Å². The van der Waals surface area contributed by atoms with Crippen LogP contribution in [0.2, 0.25) is 0 Å². The van der Waals surface area contributed by atoms with Gasteiger partial charge in [0.15, 0.2) is 0 Å². The third-order valence-corrected chi connectivity index (χ3v) is 3.94. The van der Waals surface area contributed by atoms with Crippen LogP contribution in [0.5, 0.6) is 0 Å². The van der Waals surface area contributed by atoms with Gasteiger partial charge in [-0.25, -0.2) is 0 Å². The molecule has 3 heteroatoms. The molecule has 0 amide bonds. The first kappa shape index (κ1) is 13.9. The highest BCUT2D eigenvalue weighted by Crippen LogP contribution is 2.29. The maximum Gasteiger partial charge on any atom is 0.0602 e. The first-order valence-electron chi connectivity index (χ1n) is 6.43. The number of aliphatic hydroxyl groups excluding tert-OH is 1. The Morgan fingerprint density at radius 3 is 2.25 bits per heavy atom. The molecule has 0 aromatic rings. The number of hydrogen-bond acceptors (Lipinski definition) is 3. The average molecular weight is 228 g/mol. The van der Waals surface area contributed by atoms with E-state index in [1.165, 1.54) is 19.3 Å². The van der Waals surface area contributed by atoms with Gasteiger partial charge >= 0.3 is 0 Å². The highest BCUT2D eigenvalue weighted by Gasteiger charge is 2.32. The molecule has 1 aliphatic carbocycles. The first-order valence-corrected chi connectivity index (χ1v) is 6.43. The molecule has 3 nitrogen and oxygen atoms in total. The maximum absolute atomic E-state index is 9.51. The van der Waals surface area contributed by atoms with Crippen molar-refractivity contribution in [2.45, 2.75) is 52.1 Å². The minimum atomic E-state index is 0.0163. The van der Waals surface area contributed by atoms with Crippen LogP contribution in [0.25, 0.3) is 0 Å². The Labute approximate surface area is 100 Å². The van der Waals surface area contributed by atoms with Gasteiger partial charge in [0.1, 0.15) is 0 Å². The van der Waals surface area contributed by atoms with Crippen LogP contribution in [-0.2, 0) is 0 Å². The van der Waals surface area contributed by atoms with Crippen LogP contribution in [0.3, 0.4) is 0 Å². The number of hydrogen-bond donors (Lipinski definition) is 2. The van der Waals surface area contributed by atoms with Crippen molar-refractivity contribution in [1.82, 2.24) is 4.90 Å². The summed E-state index contributed by atoms with van der Waals surface area (Å²) in [5.41, 5.74) is 6.28. The molecule has 0 aromatic heterocycles. The van der Waals surface area contributed by atoms with Gasteiger partial charge in [0, 0.05) is 18.6 Å². The molecule has 1 aliphatic rings. The third-order valence-electron chi connectivity index (χ3n) is 3.94. The van der Waals surface area contributed by atoms with Gasteiger partial charge in [-0.3, -0.25) is 4.90 Å². The quantitative estimate of drug-likeness (QED) is 0.749. The molecule has 1 saturated carbocycles. The van der Waals surface area contributed by atoms with Gasteiger partial charge in [0.2, 0.25) is 0 Å². The zero-order chi connectivity index (χ0) is 12.3. The molecule has 0 radical (unpaired) electrons. The van der Waals surface area contributed by atoms with Gasteiger partial charge in [-0.2, -0.15) is 0 Å². The minimum absolute atomic E-state index is 0.0163. The largest absolute Gasteiger partial charge is 0.395 e. The van der Waals surface area contributed by atoms with Crippen molar-refractivity contribution in [3.8, 4) is 0 Å². The van der Waals surface area contributed by atoms with E-state index in [1.807, 2.05) is 0 Å². The number of nitrogens with zero attached hydrogens (tertiary/aromatic N) is 1. The van der Waals surface area contributed by atoms with Gasteiger partial charge < -0.3 is 10.8 Å². The van der Waals surface area contributed by atoms with Gasteiger partial charge in [0.05, 0.1) is 6.61 Å². The molecule has 2 unspecified atom stereocenters. The monoisotopic (exact) mass is 228 g/mol. The van der Waals surface area contributed by atoms with Crippen LogP contribution in [0, 0.1) is 11.3 Å². The summed E-state index contributed by atoms with van der Waals surface area (Å²) in [5, 5.41) is 9.51. The molecular formula is C13H28N2O. The molecule has 0 spiro atoms. The van der Waals surface area contributed by atoms with E-state index >= 15 is 0 Å². The molecule has 16 heavy (non-hydrogen) atoms. The molecule has 96 valence electrons. The van der Waals surface area contributed by atoms with Crippen molar-refractivity contribution in [2.75, 3.05) is 20.2 Å². The van der Waals surface area contributed by atoms with Crippen LogP contribution in [0.15, 0.2) is 0 Å². The summed E-state index contributed by atoms with van der Waals surface area (Å²) in [6.45, 7) is 7.64. The van der Waals surface area contributed by atoms with E-state index in [0.29, 0.717) is 0 Å². The van der Waals surface area contributed by atoms with Crippen LogP contribution in [0.1, 0.15) is 40.0 Å². The lowest BCUT2D eigenvalue weighted by Crippen LogP contribution is -2.55. The lowest BCUT2D eigenvalue weighted by atomic mass is 9.81. The fourth-order valence-corrected chi connectivity index (χ4v) is 2.32. The number of aliphatic hydroxyl groups is 1. The zero-order valence-electron chi connectivity index (χ0n) is 11.2. The van der Waals surface area contributed by atoms with Crippen molar-refractivity contribution < 1.29 is 5.11 Å². The second-order valence-electron chi connectivity index (χ2n) is 6.38. The van der Waals surface area contributed by atoms with E-state index < -0.39 is 0 Å². The maximum atomic E-state index is 9.51. The summed E-state index contributed by atoms with van der Waals surface area (Å²) in [5.74, 6) is 0.825. The molecule has 0 heterocycles. The summed E-state index contributed by atoms with van der Waals surface area (Å²) in [6.07, 6.45) is 4.05. The first-order chi connectivity index (χ1) is 7.36. The smallest absolute Gasteiger partial charge is 0.0602 e. The highest BCUT2D eigenvalue weighted by molar-refractivity contribution is 4.90. The topological polar surface area (TPSA) is 49.5 Å². The van der Waals surface area contributed by atoms with E-state index in [-0.39, 0.29) is 24.1 Å². The van der Waals surface area contributed by atoms with Crippen molar-refractivity contribution in [1.29, 1.82) is 0 Å². The summed E-state index contributed by atoms with van der Waals surface area (Å²) in [7, 11) is 2.09. The Hall–Kier alpha value is -0.120. The molecule has 2 atom stereocenters. The summed E-state index contributed by atoms with van der Waals surface area (Å²) >= 11 is 0. The predicted octanol–water partition coefficient (Wildman–Crippen LogP) is 1.45. The van der Waals surface area contributed by atoms with Crippen LogP contribution in [-0.4, -0.2) is 42.3 Å². The molecule has 0 bridgehead atoms. The minimum Gasteiger partial charge on any atom is -0.395 e. The lowest BCUT2D eigenvalue weighted by molar-refractivity contribution is 0.0670. The Morgan fingerprint density at radius 1 is 1.38 bits per heavy atom. The van der Waals surface area contributed by atoms with Gasteiger partial charge in [-0.15, -0.1) is 0 Å².